The van der Waals surface area contributed by atoms with E-state index in [-0.39, 0.29) is 21.7 Å². The Morgan fingerprint density at radius 1 is 1.25 bits per heavy atom. The summed E-state index contributed by atoms with van der Waals surface area (Å²) >= 11 is 11.5. The largest absolute Gasteiger partial charge is 0.505 e. The van der Waals surface area contributed by atoms with Gasteiger partial charge in [0.25, 0.3) is 5.91 Å². The van der Waals surface area contributed by atoms with E-state index < -0.39 is 0 Å². The Morgan fingerprint density at radius 3 is 2.45 bits per heavy atom. The normalized spacial score (nSPS) is 10.7. The maximum Gasteiger partial charge on any atom is 0.271 e. The van der Waals surface area contributed by atoms with Gasteiger partial charge >= 0.3 is 0 Å². The molecule has 20 heavy (non-hydrogen) atoms. The molecule has 0 radical (unpaired) electrons. The lowest BCUT2D eigenvalue weighted by atomic mass is 10.2. The predicted octanol–water partition coefficient (Wildman–Crippen LogP) is 2.86. The molecule has 1 aromatic heterocycles. The number of pyridine rings is 1. The molecule has 0 bridgehead atoms. The highest BCUT2D eigenvalue weighted by molar-refractivity contribution is 6.37. The molecule has 2 rings (SSSR count). The lowest BCUT2D eigenvalue weighted by Gasteiger charge is -2.02. The lowest BCUT2D eigenvalue weighted by Crippen LogP contribution is -2.17. The lowest BCUT2D eigenvalue weighted by molar-refractivity contribution is 0.0955. The number of hydrogen-bond donors (Lipinski definition) is 2. The number of nitrogens with one attached hydrogen (secondary N) is 1. The molecule has 1 aromatic carbocycles. The summed E-state index contributed by atoms with van der Waals surface area (Å²) in [6.07, 6.45) is 4.40. The maximum atomic E-state index is 11.7. The van der Waals surface area contributed by atoms with Crippen molar-refractivity contribution >= 4 is 35.3 Å². The van der Waals surface area contributed by atoms with Crippen molar-refractivity contribution in [3.63, 3.8) is 0 Å². The van der Waals surface area contributed by atoms with Gasteiger partial charge in [0.15, 0.2) is 5.75 Å². The summed E-state index contributed by atoms with van der Waals surface area (Å²) in [4.78, 5) is 15.5. The molecular weight excluding hydrogens is 301 g/mol. The quantitative estimate of drug-likeness (QED) is 0.676. The molecule has 0 saturated heterocycles. The minimum absolute atomic E-state index is 0.111. The van der Waals surface area contributed by atoms with Crippen LogP contribution in [0.15, 0.2) is 41.8 Å². The summed E-state index contributed by atoms with van der Waals surface area (Å²) in [6.45, 7) is 0. The maximum absolute atomic E-state index is 11.7. The summed E-state index contributed by atoms with van der Waals surface area (Å²) in [5, 5.41) is 13.4. The van der Waals surface area contributed by atoms with Gasteiger partial charge in [-0.05, 0) is 29.8 Å². The van der Waals surface area contributed by atoms with E-state index in [0.29, 0.717) is 11.1 Å². The average molecular weight is 310 g/mol. The Hall–Kier alpha value is -2.11. The molecule has 0 aliphatic heterocycles. The topological polar surface area (TPSA) is 74.6 Å². The van der Waals surface area contributed by atoms with Crippen LogP contribution in [0.2, 0.25) is 10.0 Å². The molecule has 0 aliphatic rings. The third-order valence-electron chi connectivity index (χ3n) is 2.36. The van der Waals surface area contributed by atoms with Crippen molar-refractivity contribution in [2.75, 3.05) is 0 Å². The minimum atomic E-state index is -0.361. The zero-order valence-electron chi connectivity index (χ0n) is 10.0. The smallest absolute Gasteiger partial charge is 0.271 e. The number of phenolic OH excluding ortho intramolecular Hbond substituents is 1. The number of benzene rings is 1. The monoisotopic (exact) mass is 309 g/mol. The molecule has 2 aromatic rings. The molecule has 5 nitrogen and oxygen atoms in total. The van der Waals surface area contributed by atoms with Crippen LogP contribution in [0.3, 0.4) is 0 Å². The van der Waals surface area contributed by atoms with Crippen LogP contribution in [0.1, 0.15) is 15.9 Å². The summed E-state index contributed by atoms with van der Waals surface area (Å²) in [5.74, 6) is -0.550. The first-order valence-corrected chi connectivity index (χ1v) is 6.25. The van der Waals surface area contributed by atoms with E-state index in [9.17, 15) is 9.90 Å². The van der Waals surface area contributed by atoms with Crippen LogP contribution in [-0.2, 0) is 0 Å². The number of amides is 1. The first-order chi connectivity index (χ1) is 9.58. The highest BCUT2D eigenvalue weighted by Crippen LogP contribution is 2.32. The molecule has 0 atom stereocenters. The highest BCUT2D eigenvalue weighted by Gasteiger charge is 2.06. The minimum Gasteiger partial charge on any atom is -0.505 e. The fraction of sp³-hybridized carbons (Fsp3) is 0. The predicted molar refractivity (Wildman–Crippen MR) is 77.4 cm³/mol. The molecule has 102 valence electrons. The van der Waals surface area contributed by atoms with E-state index in [1.54, 1.807) is 12.1 Å². The Bertz CT molecular complexity index is 637. The number of nitrogens with zero attached hydrogens (tertiary/aromatic N) is 2. The van der Waals surface area contributed by atoms with Crippen molar-refractivity contribution in [2.24, 2.45) is 5.10 Å². The molecule has 0 fully saturated rings. The van der Waals surface area contributed by atoms with Gasteiger partial charge in [-0.25, -0.2) is 5.43 Å². The number of hydrogen-bond acceptors (Lipinski definition) is 4. The Balaban J connectivity index is 2.06. The van der Waals surface area contributed by atoms with E-state index >= 15 is 0 Å². The molecule has 1 heterocycles. The SMILES string of the molecule is O=C(N/N=C\c1cc(Cl)c(O)c(Cl)c1)c1ccncc1. The Kier molecular flexibility index (Phi) is 4.55. The first-order valence-electron chi connectivity index (χ1n) is 5.49. The van der Waals surface area contributed by atoms with Gasteiger partial charge in [0, 0.05) is 18.0 Å². The summed E-state index contributed by atoms with van der Waals surface area (Å²) < 4.78 is 0. The summed E-state index contributed by atoms with van der Waals surface area (Å²) in [7, 11) is 0. The second-order valence-electron chi connectivity index (χ2n) is 3.77. The number of halogens is 2. The summed E-state index contributed by atoms with van der Waals surface area (Å²) in [5.41, 5.74) is 3.35. The fourth-order valence-electron chi connectivity index (χ4n) is 1.39. The number of aromatic nitrogens is 1. The third kappa shape index (κ3) is 3.46. The number of carbonyl (C=O) groups excluding carboxylic acids is 1. The summed E-state index contributed by atoms with van der Waals surface area (Å²) in [6, 6.07) is 6.09. The van der Waals surface area contributed by atoms with Gasteiger partial charge in [-0.15, -0.1) is 0 Å². The second-order valence-corrected chi connectivity index (χ2v) is 4.58. The van der Waals surface area contributed by atoms with Gasteiger partial charge in [0.2, 0.25) is 0 Å². The van der Waals surface area contributed by atoms with E-state index in [1.807, 2.05) is 0 Å². The van der Waals surface area contributed by atoms with Crippen molar-refractivity contribution in [1.29, 1.82) is 0 Å². The van der Waals surface area contributed by atoms with E-state index in [1.165, 1.54) is 30.7 Å². The van der Waals surface area contributed by atoms with Gasteiger partial charge in [0.05, 0.1) is 16.3 Å². The molecule has 0 spiro atoms. The number of carbonyl (C=O) groups is 1. The van der Waals surface area contributed by atoms with Crippen molar-refractivity contribution in [3.8, 4) is 5.75 Å². The van der Waals surface area contributed by atoms with Crippen LogP contribution in [-0.4, -0.2) is 22.2 Å². The van der Waals surface area contributed by atoms with E-state index in [0.717, 1.165) is 0 Å². The fourth-order valence-corrected chi connectivity index (χ4v) is 1.90. The number of hydrazone groups is 1. The number of phenols is 1. The van der Waals surface area contributed by atoms with E-state index in [4.69, 9.17) is 23.2 Å². The van der Waals surface area contributed by atoms with Crippen molar-refractivity contribution in [1.82, 2.24) is 10.4 Å². The van der Waals surface area contributed by atoms with Crippen LogP contribution in [0.5, 0.6) is 5.75 Å². The number of rotatable bonds is 3. The van der Waals surface area contributed by atoms with Crippen LogP contribution in [0.25, 0.3) is 0 Å². The average Bonchev–Trinajstić information content (AvgIpc) is 2.45. The van der Waals surface area contributed by atoms with Gasteiger partial charge in [-0.1, -0.05) is 23.2 Å². The van der Waals surface area contributed by atoms with Gasteiger partial charge in [-0.2, -0.15) is 5.10 Å². The van der Waals surface area contributed by atoms with Crippen LogP contribution in [0, 0.1) is 0 Å². The van der Waals surface area contributed by atoms with Gasteiger partial charge < -0.3 is 5.11 Å². The molecule has 7 heteroatoms. The molecular formula is C13H9Cl2N3O2. The standard InChI is InChI=1S/C13H9Cl2N3O2/c14-10-5-8(6-11(15)12(10)19)7-17-18-13(20)9-1-3-16-4-2-9/h1-7,19H,(H,18,20)/b17-7-. The molecule has 1 amide bonds. The van der Waals surface area contributed by atoms with Gasteiger partial charge in [-0.3, -0.25) is 9.78 Å². The molecule has 0 saturated carbocycles. The Labute approximate surface area is 124 Å². The Morgan fingerprint density at radius 2 is 1.85 bits per heavy atom. The first kappa shape index (κ1) is 14.3. The third-order valence-corrected chi connectivity index (χ3v) is 2.94. The van der Waals surface area contributed by atoms with Crippen LogP contribution in [0.4, 0.5) is 0 Å². The van der Waals surface area contributed by atoms with Crippen LogP contribution >= 0.6 is 23.2 Å². The number of aromatic hydroxyl groups is 1. The van der Waals surface area contributed by atoms with Crippen LogP contribution < -0.4 is 5.43 Å². The van der Waals surface area contributed by atoms with Crippen molar-refractivity contribution in [2.45, 2.75) is 0 Å². The zero-order valence-corrected chi connectivity index (χ0v) is 11.6. The van der Waals surface area contributed by atoms with Crippen molar-refractivity contribution < 1.29 is 9.90 Å². The highest BCUT2D eigenvalue weighted by atomic mass is 35.5. The zero-order chi connectivity index (χ0) is 14.5. The van der Waals surface area contributed by atoms with Crippen molar-refractivity contribution in [3.05, 3.63) is 57.8 Å². The second kappa shape index (κ2) is 6.36. The van der Waals surface area contributed by atoms with Gasteiger partial charge in [0.1, 0.15) is 0 Å². The van der Waals surface area contributed by atoms with E-state index in [2.05, 4.69) is 15.5 Å². The molecule has 2 N–H and O–H groups in total. The molecule has 0 aliphatic carbocycles. The molecule has 0 unspecified atom stereocenters.